The number of ether oxygens (including phenoxy) is 1. The molecule has 0 fully saturated rings. The van der Waals surface area contributed by atoms with Gasteiger partial charge < -0.3 is 9.30 Å². The summed E-state index contributed by atoms with van der Waals surface area (Å²) in [7, 11) is 2.06. The van der Waals surface area contributed by atoms with E-state index in [-0.39, 0.29) is 5.41 Å². The lowest BCUT2D eigenvalue weighted by molar-refractivity contribution is 0.489. The van der Waals surface area contributed by atoms with Crippen LogP contribution in [0.1, 0.15) is 25.0 Å². The predicted octanol–water partition coefficient (Wildman–Crippen LogP) is 10.9. The first-order chi connectivity index (χ1) is 22.5. The molecule has 0 saturated carbocycles. The quantitative estimate of drug-likeness (QED) is 0.198. The minimum atomic E-state index is -0.266. The Balaban J connectivity index is 1.29. The summed E-state index contributed by atoms with van der Waals surface area (Å²) in [6.07, 6.45) is 1.86. The summed E-state index contributed by atoms with van der Waals surface area (Å²) < 4.78 is 11.5. The van der Waals surface area contributed by atoms with Crippen molar-refractivity contribution < 1.29 is 4.74 Å². The van der Waals surface area contributed by atoms with Crippen molar-refractivity contribution in [1.29, 1.82) is 0 Å². The molecule has 0 N–H and O–H groups in total. The average molecular weight is 615 g/mol. The molecule has 1 aliphatic heterocycles. The van der Waals surface area contributed by atoms with Gasteiger partial charge in [-0.3, -0.25) is 4.90 Å². The molecule has 8 aromatic rings. The molecule has 0 amide bonds. The number of benzene rings is 5. The molecule has 0 aliphatic carbocycles. The molecule has 9 rings (SSSR count). The molecule has 6 heteroatoms. The van der Waals surface area contributed by atoms with E-state index in [9.17, 15) is 0 Å². The van der Waals surface area contributed by atoms with Gasteiger partial charge in [-0.25, -0.2) is 9.97 Å². The summed E-state index contributed by atoms with van der Waals surface area (Å²) in [5, 5.41) is 2.48. The molecule has 0 unspecified atom stereocenters. The van der Waals surface area contributed by atoms with Crippen LogP contribution in [0.25, 0.3) is 42.6 Å². The molecular formula is C40H30N4OS. The zero-order valence-electron chi connectivity index (χ0n) is 25.7. The number of imidazole rings is 1. The number of aromatic nitrogens is 3. The van der Waals surface area contributed by atoms with Crippen LogP contribution >= 0.6 is 11.3 Å². The molecule has 5 aromatic carbocycles. The van der Waals surface area contributed by atoms with Crippen molar-refractivity contribution >= 4 is 59.7 Å². The third-order valence-electron chi connectivity index (χ3n) is 9.26. The van der Waals surface area contributed by atoms with Gasteiger partial charge in [-0.05, 0) is 59.7 Å². The van der Waals surface area contributed by atoms with E-state index in [1.807, 2.05) is 42.6 Å². The van der Waals surface area contributed by atoms with Crippen LogP contribution < -0.4 is 9.64 Å². The van der Waals surface area contributed by atoms with Gasteiger partial charge in [0.2, 0.25) is 0 Å². The highest BCUT2D eigenvalue weighted by molar-refractivity contribution is 7.26. The van der Waals surface area contributed by atoms with Crippen LogP contribution in [0.3, 0.4) is 0 Å². The van der Waals surface area contributed by atoms with Crippen molar-refractivity contribution in [3.63, 3.8) is 0 Å². The predicted molar refractivity (Wildman–Crippen MR) is 190 cm³/mol. The maximum absolute atomic E-state index is 6.93. The van der Waals surface area contributed by atoms with Crippen LogP contribution in [-0.4, -0.2) is 14.5 Å². The molecule has 0 radical (unpaired) electrons. The van der Waals surface area contributed by atoms with Crippen LogP contribution in [0, 0.1) is 0 Å². The minimum Gasteiger partial charge on any atom is -0.456 e. The summed E-state index contributed by atoms with van der Waals surface area (Å²) in [4.78, 5) is 12.1. The third kappa shape index (κ3) is 3.93. The Hall–Kier alpha value is -5.46. The summed E-state index contributed by atoms with van der Waals surface area (Å²) in [6, 6.07) is 42.2. The second-order valence-electron chi connectivity index (χ2n) is 12.3. The van der Waals surface area contributed by atoms with Crippen molar-refractivity contribution in [3.05, 3.63) is 139 Å². The molecular weight excluding hydrogens is 585 g/mol. The second-order valence-corrected chi connectivity index (χ2v) is 13.4. The highest BCUT2D eigenvalue weighted by Crippen LogP contribution is 2.57. The number of hydrogen-bond acceptors (Lipinski definition) is 5. The lowest BCUT2D eigenvalue weighted by Gasteiger charge is -2.42. The van der Waals surface area contributed by atoms with Gasteiger partial charge in [-0.1, -0.05) is 80.6 Å². The largest absolute Gasteiger partial charge is 0.456 e. The number of thiophene rings is 1. The molecule has 0 atom stereocenters. The monoisotopic (exact) mass is 614 g/mol. The van der Waals surface area contributed by atoms with Gasteiger partial charge in [0.1, 0.15) is 23.1 Å². The van der Waals surface area contributed by atoms with Gasteiger partial charge in [-0.15, -0.1) is 11.3 Å². The van der Waals surface area contributed by atoms with Crippen LogP contribution in [0.5, 0.6) is 11.5 Å². The van der Waals surface area contributed by atoms with Gasteiger partial charge in [0, 0.05) is 45.8 Å². The van der Waals surface area contributed by atoms with E-state index in [0.29, 0.717) is 0 Å². The Labute approximate surface area is 271 Å². The summed E-state index contributed by atoms with van der Waals surface area (Å²) >= 11 is 1.79. The number of pyridine rings is 1. The molecule has 0 spiro atoms. The van der Waals surface area contributed by atoms with E-state index in [1.165, 1.54) is 26.6 Å². The van der Waals surface area contributed by atoms with Crippen molar-refractivity contribution in [2.45, 2.75) is 19.3 Å². The number of para-hydroxylation sites is 3. The van der Waals surface area contributed by atoms with E-state index < -0.39 is 0 Å². The van der Waals surface area contributed by atoms with Crippen LogP contribution in [0.2, 0.25) is 0 Å². The van der Waals surface area contributed by atoms with E-state index in [0.717, 1.165) is 55.8 Å². The van der Waals surface area contributed by atoms with Gasteiger partial charge in [0.25, 0.3) is 0 Å². The first-order valence-electron chi connectivity index (χ1n) is 15.5. The normalized spacial score (nSPS) is 13.7. The first kappa shape index (κ1) is 26.9. The number of nitrogens with zero attached hydrogens (tertiary/aromatic N) is 4. The highest BCUT2D eigenvalue weighted by Gasteiger charge is 2.40. The Morgan fingerprint density at radius 3 is 2.43 bits per heavy atom. The van der Waals surface area contributed by atoms with Crippen LogP contribution in [0.4, 0.5) is 17.2 Å². The SMILES string of the molecule is Cn1c(-c2cccc(Oc3cc4c(c5c3sc3ccccc35)C(C)(C)c3ccccc3N4c3ccccn3)c2)nc2ccccc21. The smallest absolute Gasteiger partial charge is 0.147 e. The molecule has 222 valence electrons. The molecule has 1 aliphatic rings. The van der Waals surface area contributed by atoms with Crippen molar-refractivity contribution in [2.75, 3.05) is 4.90 Å². The lowest BCUT2D eigenvalue weighted by atomic mass is 9.72. The van der Waals surface area contributed by atoms with E-state index in [2.05, 4.69) is 115 Å². The van der Waals surface area contributed by atoms with Crippen molar-refractivity contribution in [1.82, 2.24) is 14.5 Å². The number of aryl methyl sites for hydroxylation is 1. The lowest BCUT2D eigenvalue weighted by Crippen LogP contribution is -2.31. The van der Waals surface area contributed by atoms with E-state index >= 15 is 0 Å². The minimum absolute atomic E-state index is 0.266. The topological polar surface area (TPSA) is 43.2 Å². The summed E-state index contributed by atoms with van der Waals surface area (Å²) in [5.74, 6) is 3.38. The maximum Gasteiger partial charge on any atom is 0.147 e. The Morgan fingerprint density at radius 1 is 0.761 bits per heavy atom. The first-order valence-corrected chi connectivity index (χ1v) is 16.3. The van der Waals surface area contributed by atoms with Crippen molar-refractivity contribution in [3.8, 4) is 22.9 Å². The average Bonchev–Trinajstić information content (AvgIpc) is 3.64. The molecule has 0 saturated heterocycles. The third-order valence-corrected chi connectivity index (χ3v) is 10.4. The molecule has 4 heterocycles. The summed E-state index contributed by atoms with van der Waals surface area (Å²) in [5.41, 5.74) is 7.59. The van der Waals surface area contributed by atoms with Gasteiger partial charge in [0.15, 0.2) is 0 Å². The zero-order valence-corrected chi connectivity index (χ0v) is 26.5. The molecule has 5 nitrogen and oxygen atoms in total. The van der Waals surface area contributed by atoms with Crippen LogP contribution in [-0.2, 0) is 12.5 Å². The molecule has 3 aromatic heterocycles. The Bertz CT molecular complexity index is 2460. The number of hydrogen-bond donors (Lipinski definition) is 0. The fourth-order valence-corrected chi connectivity index (χ4v) is 8.33. The number of fused-ring (bicyclic) bond motifs is 7. The number of rotatable bonds is 4. The number of anilines is 3. The second kappa shape index (κ2) is 10.0. The fraction of sp³-hybridized carbons (Fsp3) is 0.100. The maximum atomic E-state index is 6.93. The zero-order chi connectivity index (χ0) is 31.0. The standard InChI is InChI=1S/C40H30N4OS/c1-40(2)28-16-5-7-18-30(28)44(35-21-10-11-22-41-35)32-24-33(38-36(37(32)40)27-15-4-9-20-34(27)46-38)45-26-14-12-13-25(23-26)39-42-29-17-6-8-19-31(29)43(39)3/h4-24H,1-3H3. The van der Waals surface area contributed by atoms with Gasteiger partial charge in [0.05, 0.1) is 27.1 Å². The molecule has 0 bridgehead atoms. The Morgan fingerprint density at radius 2 is 1.57 bits per heavy atom. The van der Waals surface area contributed by atoms with E-state index in [1.54, 1.807) is 11.3 Å². The Kier molecular flexibility index (Phi) is 5.86. The fourth-order valence-electron chi connectivity index (χ4n) is 7.17. The van der Waals surface area contributed by atoms with E-state index in [4.69, 9.17) is 14.7 Å². The highest BCUT2D eigenvalue weighted by atomic mass is 32.1. The molecule has 46 heavy (non-hydrogen) atoms. The van der Waals surface area contributed by atoms with Gasteiger partial charge >= 0.3 is 0 Å². The van der Waals surface area contributed by atoms with Crippen molar-refractivity contribution in [2.24, 2.45) is 7.05 Å². The van der Waals surface area contributed by atoms with Crippen LogP contribution in [0.15, 0.2) is 128 Å². The summed E-state index contributed by atoms with van der Waals surface area (Å²) in [6.45, 7) is 4.68. The van der Waals surface area contributed by atoms with Gasteiger partial charge in [-0.2, -0.15) is 0 Å².